The second-order valence-electron chi connectivity index (χ2n) is 6.83. The van der Waals surface area contributed by atoms with Crippen LogP contribution in [0.1, 0.15) is 16.7 Å². The molecule has 2 aromatic rings. The van der Waals surface area contributed by atoms with Crippen LogP contribution >= 0.6 is 0 Å². The SMILES string of the molecule is COc1ccc(CNCc2ccc3c(c2)OCO3)cc1CN1CCOCC1. The van der Waals surface area contributed by atoms with Crippen molar-refractivity contribution in [2.24, 2.45) is 0 Å². The highest BCUT2D eigenvalue weighted by atomic mass is 16.7. The van der Waals surface area contributed by atoms with Crippen molar-refractivity contribution in [1.82, 2.24) is 10.2 Å². The number of hydrogen-bond donors (Lipinski definition) is 1. The van der Waals surface area contributed by atoms with Crippen LogP contribution in [0.2, 0.25) is 0 Å². The van der Waals surface area contributed by atoms with Gasteiger partial charge in [0.25, 0.3) is 0 Å². The van der Waals surface area contributed by atoms with Crippen molar-refractivity contribution < 1.29 is 18.9 Å². The number of nitrogens with zero attached hydrogens (tertiary/aromatic N) is 1. The van der Waals surface area contributed by atoms with Crippen LogP contribution in [0.5, 0.6) is 17.2 Å². The summed E-state index contributed by atoms with van der Waals surface area (Å²) in [6.45, 7) is 6.33. The summed E-state index contributed by atoms with van der Waals surface area (Å²) in [5.74, 6) is 2.59. The molecule has 0 aliphatic carbocycles. The first-order chi connectivity index (χ1) is 13.3. The van der Waals surface area contributed by atoms with Crippen LogP contribution in [0.25, 0.3) is 0 Å². The largest absolute Gasteiger partial charge is 0.496 e. The quantitative estimate of drug-likeness (QED) is 0.808. The maximum Gasteiger partial charge on any atom is 0.231 e. The Bertz CT molecular complexity index is 775. The van der Waals surface area contributed by atoms with Crippen molar-refractivity contribution >= 4 is 0 Å². The molecule has 2 heterocycles. The summed E-state index contributed by atoms with van der Waals surface area (Å²) in [5.41, 5.74) is 3.66. The van der Waals surface area contributed by atoms with Crippen LogP contribution in [0.4, 0.5) is 0 Å². The molecule has 0 bridgehead atoms. The van der Waals surface area contributed by atoms with Crippen LogP contribution in [-0.2, 0) is 24.4 Å². The lowest BCUT2D eigenvalue weighted by Gasteiger charge is -2.27. The number of ether oxygens (including phenoxy) is 4. The smallest absolute Gasteiger partial charge is 0.231 e. The van der Waals surface area contributed by atoms with Crippen molar-refractivity contribution in [2.75, 3.05) is 40.2 Å². The topological polar surface area (TPSA) is 52.2 Å². The number of benzene rings is 2. The van der Waals surface area contributed by atoms with Gasteiger partial charge in [0.15, 0.2) is 11.5 Å². The van der Waals surface area contributed by atoms with Gasteiger partial charge in [0.2, 0.25) is 6.79 Å². The fourth-order valence-corrected chi connectivity index (χ4v) is 3.47. The highest BCUT2D eigenvalue weighted by Gasteiger charge is 2.15. The summed E-state index contributed by atoms with van der Waals surface area (Å²) < 4.78 is 21.8. The number of nitrogens with one attached hydrogen (secondary N) is 1. The molecule has 2 aromatic carbocycles. The Morgan fingerprint density at radius 1 is 0.963 bits per heavy atom. The minimum atomic E-state index is 0.310. The van der Waals surface area contributed by atoms with Gasteiger partial charge in [0, 0.05) is 38.3 Å². The second-order valence-corrected chi connectivity index (χ2v) is 6.83. The molecule has 0 unspecified atom stereocenters. The molecule has 4 rings (SSSR count). The van der Waals surface area contributed by atoms with E-state index in [9.17, 15) is 0 Å². The third-order valence-corrected chi connectivity index (χ3v) is 4.94. The van der Waals surface area contributed by atoms with Crippen molar-refractivity contribution in [1.29, 1.82) is 0 Å². The Labute approximate surface area is 160 Å². The fraction of sp³-hybridized carbons (Fsp3) is 0.429. The molecule has 1 fully saturated rings. The van der Waals surface area contributed by atoms with Crippen LogP contribution in [0.3, 0.4) is 0 Å². The molecular weight excluding hydrogens is 344 g/mol. The number of morpholine rings is 1. The molecule has 1 N–H and O–H groups in total. The van der Waals surface area contributed by atoms with Gasteiger partial charge in [-0.15, -0.1) is 0 Å². The number of hydrogen-bond acceptors (Lipinski definition) is 6. The second kappa shape index (κ2) is 8.61. The minimum Gasteiger partial charge on any atom is -0.496 e. The number of fused-ring (bicyclic) bond motifs is 1. The molecule has 0 atom stereocenters. The predicted octanol–water partition coefficient (Wildman–Crippen LogP) is 2.55. The van der Waals surface area contributed by atoms with Crippen molar-refractivity contribution in [2.45, 2.75) is 19.6 Å². The van der Waals surface area contributed by atoms with Gasteiger partial charge >= 0.3 is 0 Å². The van der Waals surface area contributed by atoms with Gasteiger partial charge < -0.3 is 24.3 Å². The molecule has 0 spiro atoms. The third kappa shape index (κ3) is 4.53. The van der Waals surface area contributed by atoms with Gasteiger partial charge in [0.05, 0.1) is 20.3 Å². The molecule has 0 radical (unpaired) electrons. The lowest BCUT2D eigenvalue weighted by molar-refractivity contribution is 0.0339. The van der Waals surface area contributed by atoms with Crippen molar-refractivity contribution in [3.63, 3.8) is 0 Å². The Morgan fingerprint density at radius 3 is 2.52 bits per heavy atom. The molecular formula is C21H26N2O4. The van der Waals surface area contributed by atoms with Gasteiger partial charge in [-0.2, -0.15) is 0 Å². The molecule has 0 saturated carbocycles. The standard InChI is InChI=1S/C21H26N2O4/c1-24-19-4-2-16(10-18(19)14-23-6-8-25-9-7-23)12-22-13-17-3-5-20-21(11-17)27-15-26-20/h2-5,10-11,22H,6-9,12-15H2,1H3. The molecule has 0 aromatic heterocycles. The van der Waals surface area contributed by atoms with E-state index < -0.39 is 0 Å². The van der Waals surface area contributed by atoms with Gasteiger partial charge in [0.1, 0.15) is 5.75 Å². The summed E-state index contributed by atoms with van der Waals surface area (Å²) in [7, 11) is 1.73. The normalized spacial score (nSPS) is 16.5. The first-order valence-corrected chi connectivity index (χ1v) is 9.37. The van der Waals surface area contributed by atoms with Gasteiger partial charge in [-0.3, -0.25) is 4.90 Å². The summed E-state index contributed by atoms with van der Waals surface area (Å²) in [6.07, 6.45) is 0. The number of methoxy groups -OCH3 is 1. The van der Waals surface area contributed by atoms with Crippen LogP contribution in [-0.4, -0.2) is 45.1 Å². The lowest BCUT2D eigenvalue weighted by Crippen LogP contribution is -2.35. The summed E-state index contributed by atoms with van der Waals surface area (Å²) in [4.78, 5) is 2.41. The third-order valence-electron chi connectivity index (χ3n) is 4.94. The van der Waals surface area contributed by atoms with E-state index in [1.165, 1.54) is 16.7 Å². The van der Waals surface area contributed by atoms with E-state index >= 15 is 0 Å². The highest BCUT2D eigenvalue weighted by molar-refractivity contribution is 5.44. The van der Waals surface area contributed by atoms with Crippen LogP contribution in [0.15, 0.2) is 36.4 Å². The average molecular weight is 370 g/mol. The number of rotatable bonds is 7. The zero-order valence-corrected chi connectivity index (χ0v) is 15.7. The molecule has 0 amide bonds. The maximum absolute atomic E-state index is 5.55. The molecule has 2 aliphatic rings. The Hall–Kier alpha value is -2.28. The van der Waals surface area contributed by atoms with Crippen molar-refractivity contribution in [3.8, 4) is 17.2 Å². The summed E-state index contributed by atoms with van der Waals surface area (Å²) in [5, 5.41) is 3.51. The monoisotopic (exact) mass is 370 g/mol. The first kappa shape index (κ1) is 18.1. The van der Waals surface area contributed by atoms with E-state index in [2.05, 4.69) is 34.5 Å². The lowest BCUT2D eigenvalue weighted by atomic mass is 10.1. The van der Waals surface area contributed by atoms with Gasteiger partial charge in [-0.05, 0) is 35.4 Å². The summed E-state index contributed by atoms with van der Waals surface area (Å²) >= 11 is 0. The Kier molecular flexibility index (Phi) is 5.77. The highest BCUT2D eigenvalue weighted by Crippen LogP contribution is 2.32. The molecule has 2 aliphatic heterocycles. The van der Waals surface area contributed by atoms with E-state index in [1.807, 2.05) is 12.1 Å². The van der Waals surface area contributed by atoms with Gasteiger partial charge in [-0.25, -0.2) is 0 Å². The Morgan fingerprint density at radius 2 is 1.70 bits per heavy atom. The Balaban J connectivity index is 1.36. The average Bonchev–Trinajstić information content (AvgIpc) is 3.17. The maximum atomic E-state index is 5.55. The van der Waals surface area contributed by atoms with Crippen LogP contribution in [0, 0.1) is 0 Å². The van der Waals surface area contributed by atoms with E-state index in [1.54, 1.807) is 7.11 Å². The van der Waals surface area contributed by atoms with E-state index in [0.29, 0.717) is 6.79 Å². The van der Waals surface area contributed by atoms with E-state index in [-0.39, 0.29) is 0 Å². The van der Waals surface area contributed by atoms with Crippen LogP contribution < -0.4 is 19.5 Å². The predicted molar refractivity (Wildman–Crippen MR) is 102 cm³/mol. The summed E-state index contributed by atoms with van der Waals surface area (Å²) in [6, 6.07) is 12.5. The minimum absolute atomic E-state index is 0.310. The van der Waals surface area contributed by atoms with E-state index in [4.69, 9.17) is 18.9 Å². The first-order valence-electron chi connectivity index (χ1n) is 9.37. The molecule has 144 valence electrons. The fourth-order valence-electron chi connectivity index (χ4n) is 3.47. The van der Waals surface area contributed by atoms with E-state index in [0.717, 1.165) is 63.2 Å². The zero-order valence-electron chi connectivity index (χ0n) is 15.7. The van der Waals surface area contributed by atoms with Gasteiger partial charge in [-0.1, -0.05) is 12.1 Å². The molecule has 27 heavy (non-hydrogen) atoms. The molecule has 6 nitrogen and oxygen atoms in total. The molecule has 1 saturated heterocycles. The van der Waals surface area contributed by atoms with Crippen molar-refractivity contribution in [3.05, 3.63) is 53.1 Å². The zero-order chi connectivity index (χ0) is 18.5. The molecule has 6 heteroatoms.